The molecule has 0 aliphatic heterocycles. The monoisotopic (exact) mass is 383 g/mol. The van der Waals surface area contributed by atoms with E-state index in [1.165, 1.54) is 11.3 Å². The average molecular weight is 383 g/mol. The van der Waals surface area contributed by atoms with Crippen LogP contribution in [0.25, 0.3) is 0 Å². The fraction of sp³-hybridized carbons (Fsp3) is 0.263. The van der Waals surface area contributed by atoms with Gasteiger partial charge in [0.25, 0.3) is 5.91 Å². The third kappa shape index (κ3) is 5.24. The lowest BCUT2D eigenvalue weighted by atomic mass is 10.1. The Kier molecular flexibility index (Phi) is 5.97. The second-order valence-corrected chi connectivity index (χ2v) is 6.85. The van der Waals surface area contributed by atoms with E-state index in [9.17, 15) is 4.79 Å². The highest BCUT2D eigenvalue weighted by Gasteiger charge is 2.11. The van der Waals surface area contributed by atoms with Gasteiger partial charge in [-0.05, 0) is 44.0 Å². The lowest BCUT2D eigenvalue weighted by Crippen LogP contribution is -2.26. The smallest absolute Gasteiger partial charge is 0.270 e. The van der Waals surface area contributed by atoms with Crippen molar-refractivity contribution in [2.75, 3.05) is 19.0 Å². The Hall–Kier alpha value is -3.00. The first-order chi connectivity index (χ1) is 13.0. The summed E-state index contributed by atoms with van der Waals surface area (Å²) in [5, 5.41) is 8.23. The number of ether oxygens (including phenoxy) is 1. The number of nitrogens with zero attached hydrogens (tertiary/aromatic N) is 3. The van der Waals surface area contributed by atoms with Gasteiger partial charge in [-0.15, -0.1) is 11.3 Å². The van der Waals surface area contributed by atoms with Gasteiger partial charge in [0.15, 0.2) is 5.13 Å². The van der Waals surface area contributed by atoms with E-state index in [4.69, 9.17) is 4.74 Å². The molecule has 0 atom stereocenters. The van der Waals surface area contributed by atoms with Crippen LogP contribution in [0.3, 0.4) is 0 Å². The van der Waals surface area contributed by atoms with Gasteiger partial charge in [0, 0.05) is 23.3 Å². The van der Waals surface area contributed by atoms with Gasteiger partial charge in [0.1, 0.15) is 11.4 Å². The zero-order valence-corrected chi connectivity index (χ0v) is 16.3. The second-order valence-electron chi connectivity index (χ2n) is 5.99. The van der Waals surface area contributed by atoms with Gasteiger partial charge in [-0.1, -0.05) is 12.1 Å². The third-order valence-electron chi connectivity index (χ3n) is 3.77. The van der Waals surface area contributed by atoms with Crippen LogP contribution in [-0.2, 0) is 6.42 Å². The van der Waals surface area contributed by atoms with E-state index in [-0.39, 0.29) is 5.91 Å². The van der Waals surface area contributed by atoms with E-state index in [1.807, 2.05) is 44.2 Å². The molecule has 2 N–H and O–H groups in total. The average Bonchev–Trinajstić information content (AvgIpc) is 3.09. The van der Waals surface area contributed by atoms with Gasteiger partial charge in [0.2, 0.25) is 5.95 Å². The fourth-order valence-corrected chi connectivity index (χ4v) is 3.24. The zero-order valence-electron chi connectivity index (χ0n) is 15.4. The molecule has 0 aliphatic carbocycles. The maximum atomic E-state index is 12.3. The number of anilines is 2. The highest BCUT2D eigenvalue weighted by atomic mass is 32.1. The van der Waals surface area contributed by atoms with Crippen molar-refractivity contribution in [3.63, 3.8) is 0 Å². The first kappa shape index (κ1) is 18.8. The Morgan fingerprint density at radius 3 is 2.67 bits per heavy atom. The summed E-state index contributed by atoms with van der Waals surface area (Å²) in [6.07, 6.45) is 0.717. The molecule has 0 saturated carbocycles. The highest BCUT2D eigenvalue weighted by molar-refractivity contribution is 7.14. The number of methoxy groups -OCH3 is 1. The molecule has 3 rings (SSSR count). The van der Waals surface area contributed by atoms with E-state index in [1.54, 1.807) is 12.5 Å². The van der Waals surface area contributed by atoms with Crippen molar-refractivity contribution >= 4 is 28.3 Å². The molecule has 7 nitrogen and oxygen atoms in total. The predicted octanol–water partition coefficient (Wildman–Crippen LogP) is 3.27. The summed E-state index contributed by atoms with van der Waals surface area (Å²) in [5.41, 5.74) is 3.22. The normalized spacial score (nSPS) is 10.5. The third-order valence-corrected chi connectivity index (χ3v) is 4.53. The van der Waals surface area contributed by atoms with E-state index in [2.05, 4.69) is 25.6 Å². The SMILES string of the molecule is COc1cccc(CCNC(=O)c2csc(Nc3nc(C)cc(C)n3)n2)c1. The van der Waals surface area contributed by atoms with Crippen LogP contribution in [0.2, 0.25) is 0 Å². The van der Waals surface area contributed by atoms with Crippen LogP contribution in [0.15, 0.2) is 35.7 Å². The van der Waals surface area contributed by atoms with E-state index >= 15 is 0 Å². The van der Waals surface area contributed by atoms with Crippen LogP contribution < -0.4 is 15.4 Å². The molecule has 0 unspecified atom stereocenters. The van der Waals surface area contributed by atoms with Gasteiger partial charge >= 0.3 is 0 Å². The maximum absolute atomic E-state index is 12.3. The van der Waals surface area contributed by atoms with Crippen molar-refractivity contribution in [3.8, 4) is 5.75 Å². The van der Waals surface area contributed by atoms with Crippen LogP contribution in [0.4, 0.5) is 11.1 Å². The molecule has 2 aromatic heterocycles. The van der Waals surface area contributed by atoms with E-state index < -0.39 is 0 Å². The van der Waals surface area contributed by atoms with Gasteiger partial charge in [-0.2, -0.15) is 0 Å². The molecule has 0 bridgehead atoms. The number of nitrogens with one attached hydrogen (secondary N) is 2. The van der Waals surface area contributed by atoms with E-state index in [0.717, 1.165) is 22.7 Å². The molecule has 8 heteroatoms. The predicted molar refractivity (Wildman–Crippen MR) is 106 cm³/mol. The van der Waals surface area contributed by atoms with Crippen LogP contribution in [-0.4, -0.2) is 34.5 Å². The minimum absolute atomic E-state index is 0.205. The number of thiazole rings is 1. The number of rotatable bonds is 7. The van der Waals surface area contributed by atoms with Crippen LogP contribution >= 0.6 is 11.3 Å². The summed E-state index contributed by atoms with van der Waals surface area (Å²) >= 11 is 1.34. The molecule has 3 aromatic rings. The number of aryl methyl sites for hydroxylation is 2. The molecule has 0 aliphatic rings. The molecule has 140 valence electrons. The van der Waals surface area contributed by atoms with Gasteiger partial charge in [0.05, 0.1) is 7.11 Å². The van der Waals surface area contributed by atoms with Crippen LogP contribution in [0.5, 0.6) is 5.75 Å². The van der Waals surface area contributed by atoms with Crippen molar-refractivity contribution in [1.82, 2.24) is 20.3 Å². The van der Waals surface area contributed by atoms with Crippen molar-refractivity contribution in [2.24, 2.45) is 0 Å². The molecule has 1 aromatic carbocycles. The largest absolute Gasteiger partial charge is 0.497 e. The molecule has 1 amide bonds. The Bertz CT molecular complexity index is 921. The summed E-state index contributed by atoms with van der Waals surface area (Å²) in [4.78, 5) is 25.2. The maximum Gasteiger partial charge on any atom is 0.270 e. The number of hydrogen-bond acceptors (Lipinski definition) is 7. The number of hydrogen-bond donors (Lipinski definition) is 2. The Morgan fingerprint density at radius 2 is 1.93 bits per heavy atom. The summed E-state index contributed by atoms with van der Waals surface area (Å²) in [6, 6.07) is 9.69. The number of carbonyl (C=O) groups excluding carboxylic acids is 1. The molecule has 2 heterocycles. The summed E-state index contributed by atoms with van der Waals surface area (Å²) in [7, 11) is 1.64. The molecule has 0 saturated heterocycles. The number of amides is 1. The lowest BCUT2D eigenvalue weighted by Gasteiger charge is -2.06. The van der Waals surface area contributed by atoms with Crippen LogP contribution in [0, 0.1) is 13.8 Å². The number of aromatic nitrogens is 3. The lowest BCUT2D eigenvalue weighted by molar-refractivity contribution is 0.0950. The summed E-state index contributed by atoms with van der Waals surface area (Å²) in [6.45, 7) is 4.33. The second kappa shape index (κ2) is 8.59. The number of carbonyl (C=O) groups is 1. The van der Waals surface area contributed by atoms with E-state index in [0.29, 0.717) is 29.7 Å². The fourth-order valence-electron chi connectivity index (χ4n) is 2.55. The molecule has 27 heavy (non-hydrogen) atoms. The van der Waals surface area contributed by atoms with Crippen molar-refractivity contribution < 1.29 is 9.53 Å². The molecular formula is C19H21N5O2S. The Morgan fingerprint density at radius 1 is 1.15 bits per heavy atom. The zero-order chi connectivity index (χ0) is 19.2. The quantitative estimate of drug-likeness (QED) is 0.651. The summed E-state index contributed by atoms with van der Waals surface area (Å²) in [5.74, 6) is 1.08. The Balaban J connectivity index is 1.55. The minimum atomic E-state index is -0.205. The highest BCUT2D eigenvalue weighted by Crippen LogP contribution is 2.19. The van der Waals surface area contributed by atoms with Gasteiger partial charge in [-0.25, -0.2) is 15.0 Å². The van der Waals surface area contributed by atoms with Crippen molar-refractivity contribution in [3.05, 3.63) is 58.4 Å². The standard InChI is InChI=1S/C19H21N5O2S/c1-12-9-13(2)22-18(21-12)24-19-23-16(11-27-19)17(25)20-8-7-14-5-4-6-15(10-14)26-3/h4-6,9-11H,7-8H2,1-3H3,(H,20,25)(H,21,22,23,24). The molecular weight excluding hydrogens is 362 g/mol. The van der Waals surface area contributed by atoms with Gasteiger partial charge < -0.3 is 15.4 Å². The number of benzene rings is 1. The summed E-state index contributed by atoms with van der Waals surface area (Å²) < 4.78 is 5.20. The van der Waals surface area contributed by atoms with Crippen molar-refractivity contribution in [1.29, 1.82) is 0 Å². The first-order valence-electron chi connectivity index (χ1n) is 8.49. The topological polar surface area (TPSA) is 89.0 Å². The van der Waals surface area contributed by atoms with Crippen molar-refractivity contribution in [2.45, 2.75) is 20.3 Å². The van der Waals surface area contributed by atoms with Crippen LogP contribution in [0.1, 0.15) is 27.4 Å². The van der Waals surface area contributed by atoms with Gasteiger partial charge in [-0.3, -0.25) is 4.79 Å². The minimum Gasteiger partial charge on any atom is -0.497 e. The molecule has 0 fully saturated rings. The molecule has 0 radical (unpaired) electrons. The first-order valence-corrected chi connectivity index (χ1v) is 9.37. The Labute approximate surface area is 161 Å². The molecule has 0 spiro atoms.